The Labute approximate surface area is 155 Å². The highest BCUT2D eigenvalue weighted by Crippen LogP contribution is 2.27. The van der Waals surface area contributed by atoms with Crippen LogP contribution < -0.4 is 4.72 Å². The first kappa shape index (κ1) is 18.5. The lowest BCUT2D eigenvalue weighted by Crippen LogP contribution is -2.34. The topological polar surface area (TPSA) is 66.5 Å². The number of amides is 1. The van der Waals surface area contributed by atoms with Crippen molar-refractivity contribution in [2.24, 2.45) is 0 Å². The summed E-state index contributed by atoms with van der Waals surface area (Å²) in [6.45, 7) is 8.45. The lowest BCUT2D eigenvalue weighted by atomic mass is 10.00. The van der Waals surface area contributed by atoms with Gasteiger partial charge in [0.1, 0.15) is 0 Å². The zero-order valence-electron chi connectivity index (χ0n) is 15.6. The predicted molar refractivity (Wildman–Crippen MR) is 103 cm³/mol. The summed E-state index contributed by atoms with van der Waals surface area (Å²) in [6, 6.07) is 9.11. The second-order valence-electron chi connectivity index (χ2n) is 7.00. The van der Waals surface area contributed by atoms with E-state index >= 15 is 0 Å². The van der Waals surface area contributed by atoms with Crippen LogP contribution in [0.3, 0.4) is 0 Å². The van der Waals surface area contributed by atoms with E-state index in [4.69, 9.17) is 0 Å². The molecule has 0 fully saturated rings. The lowest BCUT2D eigenvalue weighted by molar-refractivity contribution is -0.129. The molecule has 1 amide bonds. The van der Waals surface area contributed by atoms with E-state index in [0.717, 1.165) is 34.2 Å². The van der Waals surface area contributed by atoms with Crippen molar-refractivity contribution in [3.05, 3.63) is 58.1 Å². The quantitative estimate of drug-likeness (QED) is 0.899. The number of anilines is 1. The van der Waals surface area contributed by atoms with Gasteiger partial charge in [0.2, 0.25) is 5.91 Å². The Morgan fingerprint density at radius 1 is 1.04 bits per heavy atom. The summed E-state index contributed by atoms with van der Waals surface area (Å²) in [7, 11) is -3.70. The van der Waals surface area contributed by atoms with Crippen LogP contribution in [0.2, 0.25) is 0 Å². The molecule has 5 nitrogen and oxygen atoms in total. The number of fused-ring (bicyclic) bond motifs is 1. The zero-order chi connectivity index (χ0) is 19.1. The first-order valence-corrected chi connectivity index (χ1v) is 10.1. The van der Waals surface area contributed by atoms with Gasteiger partial charge in [-0.2, -0.15) is 0 Å². The van der Waals surface area contributed by atoms with E-state index in [0.29, 0.717) is 18.8 Å². The van der Waals surface area contributed by atoms with Crippen molar-refractivity contribution in [2.45, 2.75) is 45.6 Å². The van der Waals surface area contributed by atoms with Gasteiger partial charge in [-0.1, -0.05) is 23.8 Å². The molecule has 138 valence electrons. The van der Waals surface area contributed by atoms with Crippen LogP contribution in [-0.2, 0) is 27.8 Å². The van der Waals surface area contributed by atoms with Gasteiger partial charge in [-0.05, 0) is 61.6 Å². The summed E-state index contributed by atoms with van der Waals surface area (Å²) in [4.78, 5) is 13.6. The van der Waals surface area contributed by atoms with Gasteiger partial charge in [-0.15, -0.1) is 0 Å². The molecular weight excluding hydrogens is 348 g/mol. The number of hydrogen-bond donors (Lipinski definition) is 1. The van der Waals surface area contributed by atoms with E-state index in [1.807, 2.05) is 39.0 Å². The molecule has 0 radical (unpaired) electrons. The van der Waals surface area contributed by atoms with Crippen molar-refractivity contribution in [1.29, 1.82) is 0 Å². The predicted octanol–water partition coefficient (Wildman–Crippen LogP) is 3.32. The Morgan fingerprint density at radius 2 is 1.69 bits per heavy atom. The molecule has 2 aromatic carbocycles. The van der Waals surface area contributed by atoms with Crippen LogP contribution in [0.15, 0.2) is 35.2 Å². The van der Waals surface area contributed by atoms with Gasteiger partial charge in [0.15, 0.2) is 0 Å². The summed E-state index contributed by atoms with van der Waals surface area (Å²) in [5, 5.41) is 0. The molecule has 1 N–H and O–H groups in total. The highest BCUT2D eigenvalue weighted by molar-refractivity contribution is 7.92. The number of carbonyl (C=O) groups excluding carboxylic acids is 1. The lowest BCUT2D eigenvalue weighted by Gasteiger charge is -2.28. The normalized spacial score (nSPS) is 14.1. The third kappa shape index (κ3) is 3.60. The molecule has 0 spiro atoms. The van der Waals surface area contributed by atoms with Crippen LogP contribution in [0, 0.1) is 20.8 Å². The first-order chi connectivity index (χ1) is 12.2. The molecule has 0 atom stereocenters. The Morgan fingerprint density at radius 3 is 2.31 bits per heavy atom. The second kappa shape index (κ2) is 6.76. The van der Waals surface area contributed by atoms with Gasteiger partial charge in [0.25, 0.3) is 10.0 Å². The maximum Gasteiger partial charge on any atom is 0.261 e. The highest BCUT2D eigenvalue weighted by atomic mass is 32.2. The summed E-state index contributed by atoms with van der Waals surface area (Å²) >= 11 is 0. The van der Waals surface area contributed by atoms with Crippen LogP contribution in [0.1, 0.15) is 34.7 Å². The average molecular weight is 372 g/mol. The summed E-state index contributed by atoms with van der Waals surface area (Å²) < 4.78 is 28.5. The van der Waals surface area contributed by atoms with E-state index < -0.39 is 10.0 Å². The maximum atomic E-state index is 12.9. The van der Waals surface area contributed by atoms with Crippen LogP contribution >= 0.6 is 0 Å². The van der Waals surface area contributed by atoms with Gasteiger partial charge in [-0.25, -0.2) is 8.42 Å². The molecule has 2 aromatic rings. The SMILES string of the molecule is CC(=O)N1CCc2ccc(S(=O)(=O)Nc3c(C)cc(C)cc3C)cc2C1. The van der Waals surface area contributed by atoms with Crippen LogP contribution in [0.25, 0.3) is 0 Å². The largest absolute Gasteiger partial charge is 0.338 e. The van der Waals surface area contributed by atoms with E-state index in [2.05, 4.69) is 4.72 Å². The molecule has 0 saturated heterocycles. The Bertz CT molecular complexity index is 958. The number of nitrogens with one attached hydrogen (secondary N) is 1. The van der Waals surface area contributed by atoms with Crippen molar-refractivity contribution < 1.29 is 13.2 Å². The molecule has 0 saturated carbocycles. The van der Waals surface area contributed by atoms with Gasteiger partial charge >= 0.3 is 0 Å². The number of sulfonamides is 1. The van der Waals surface area contributed by atoms with Gasteiger partial charge in [0, 0.05) is 20.0 Å². The van der Waals surface area contributed by atoms with Crippen molar-refractivity contribution in [3.63, 3.8) is 0 Å². The van der Waals surface area contributed by atoms with Crippen molar-refractivity contribution in [2.75, 3.05) is 11.3 Å². The monoisotopic (exact) mass is 372 g/mol. The molecule has 0 unspecified atom stereocenters. The van der Waals surface area contributed by atoms with Crippen LogP contribution in [0.5, 0.6) is 0 Å². The first-order valence-electron chi connectivity index (χ1n) is 8.65. The molecule has 3 rings (SSSR count). The number of benzene rings is 2. The number of hydrogen-bond acceptors (Lipinski definition) is 3. The highest BCUT2D eigenvalue weighted by Gasteiger charge is 2.22. The van der Waals surface area contributed by atoms with Gasteiger partial charge in [0.05, 0.1) is 10.6 Å². The fourth-order valence-corrected chi connectivity index (χ4v) is 4.76. The van der Waals surface area contributed by atoms with Crippen molar-refractivity contribution in [1.82, 2.24) is 4.90 Å². The fraction of sp³-hybridized carbons (Fsp3) is 0.350. The minimum absolute atomic E-state index is 0.00735. The molecule has 0 aliphatic carbocycles. The zero-order valence-corrected chi connectivity index (χ0v) is 16.4. The summed E-state index contributed by atoms with van der Waals surface area (Å²) in [5.74, 6) is 0.00735. The molecule has 0 bridgehead atoms. The summed E-state index contributed by atoms with van der Waals surface area (Å²) in [5.41, 5.74) is 5.51. The van der Waals surface area contributed by atoms with E-state index in [1.165, 1.54) is 6.92 Å². The van der Waals surface area contributed by atoms with Crippen molar-refractivity contribution >= 4 is 21.6 Å². The van der Waals surface area contributed by atoms with Crippen molar-refractivity contribution in [3.8, 4) is 0 Å². The minimum Gasteiger partial charge on any atom is -0.338 e. The molecule has 1 aliphatic heterocycles. The third-order valence-electron chi connectivity index (χ3n) is 4.86. The Kier molecular flexibility index (Phi) is 4.80. The number of carbonyl (C=O) groups is 1. The fourth-order valence-electron chi connectivity index (χ4n) is 3.50. The van der Waals surface area contributed by atoms with Gasteiger partial charge < -0.3 is 4.90 Å². The molecule has 0 aromatic heterocycles. The molecule has 6 heteroatoms. The number of rotatable bonds is 3. The van der Waals surface area contributed by atoms with E-state index in [-0.39, 0.29) is 10.8 Å². The Balaban J connectivity index is 1.94. The molecule has 26 heavy (non-hydrogen) atoms. The van der Waals surface area contributed by atoms with E-state index in [1.54, 1.807) is 17.0 Å². The van der Waals surface area contributed by atoms with E-state index in [9.17, 15) is 13.2 Å². The molecule has 1 heterocycles. The number of nitrogens with zero attached hydrogens (tertiary/aromatic N) is 1. The minimum atomic E-state index is -3.70. The Hall–Kier alpha value is -2.34. The standard InChI is InChI=1S/C20H24N2O3S/c1-13-9-14(2)20(15(3)10-13)21-26(24,25)19-6-5-17-7-8-22(16(4)23)12-18(17)11-19/h5-6,9-11,21H,7-8,12H2,1-4H3. The second-order valence-corrected chi connectivity index (χ2v) is 8.68. The maximum absolute atomic E-state index is 12.9. The smallest absolute Gasteiger partial charge is 0.261 e. The van der Waals surface area contributed by atoms with Gasteiger partial charge in [-0.3, -0.25) is 9.52 Å². The summed E-state index contributed by atoms with van der Waals surface area (Å²) in [6.07, 6.45) is 0.749. The molecule has 1 aliphatic rings. The average Bonchev–Trinajstić information content (AvgIpc) is 2.57. The van der Waals surface area contributed by atoms with Crippen LogP contribution in [-0.4, -0.2) is 25.8 Å². The third-order valence-corrected chi connectivity index (χ3v) is 6.21. The number of aryl methyl sites for hydroxylation is 3. The molecular formula is C20H24N2O3S. The van der Waals surface area contributed by atoms with Crippen LogP contribution in [0.4, 0.5) is 5.69 Å².